The number of nitro groups is 1. The summed E-state index contributed by atoms with van der Waals surface area (Å²) in [7, 11) is 0. The molecule has 0 unspecified atom stereocenters. The lowest BCUT2D eigenvalue weighted by Crippen LogP contribution is -1.93. The van der Waals surface area contributed by atoms with Gasteiger partial charge < -0.3 is 4.57 Å². The van der Waals surface area contributed by atoms with E-state index >= 15 is 0 Å². The Morgan fingerprint density at radius 3 is 2.93 bits per heavy atom. The van der Waals surface area contributed by atoms with Crippen LogP contribution in [0.2, 0.25) is 0 Å². The molecule has 0 N–H and O–H groups in total. The van der Waals surface area contributed by atoms with E-state index in [2.05, 4.69) is 0 Å². The minimum Gasteiger partial charge on any atom is -0.333 e. The van der Waals surface area contributed by atoms with Crippen molar-refractivity contribution < 1.29 is 4.92 Å². The van der Waals surface area contributed by atoms with E-state index in [1.165, 1.54) is 6.07 Å². The number of fused-ring (bicyclic) bond motifs is 1. The zero-order valence-electron chi connectivity index (χ0n) is 7.75. The SMILES string of the molecule is N#CCn1ccc2c([N+](=O)[O-])cccc21. The van der Waals surface area contributed by atoms with Crippen molar-refractivity contribution in [2.45, 2.75) is 6.54 Å². The topological polar surface area (TPSA) is 71.9 Å². The van der Waals surface area contributed by atoms with Gasteiger partial charge >= 0.3 is 0 Å². The van der Waals surface area contributed by atoms with E-state index in [9.17, 15) is 10.1 Å². The van der Waals surface area contributed by atoms with Crippen molar-refractivity contribution in [3.8, 4) is 6.07 Å². The number of benzene rings is 1. The molecule has 0 radical (unpaired) electrons. The summed E-state index contributed by atoms with van der Waals surface area (Å²) >= 11 is 0. The highest BCUT2D eigenvalue weighted by Crippen LogP contribution is 2.25. The fourth-order valence-corrected chi connectivity index (χ4v) is 1.58. The van der Waals surface area contributed by atoms with Crippen molar-refractivity contribution in [2.75, 3.05) is 0 Å². The molecule has 0 saturated heterocycles. The van der Waals surface area contributed by atoms with Gasteiger partial charge in [-0.25, -0.2) is 0 Å². The largest absolute Gasteiger partial charge is 0.333 e. The second kappa shape index (κ2) is 3.42. The van der Waals surface area contributed by atoms with Crippen molar-refractivity contribution in [3.05, 3.63) is 40.6 Å². The highest BCUT2D eigenvalue weighted by Gasteiger charge is 2.12. The highest BCUT2D eigenvalue weighted by molar-refractivity contribution is 5.89. The number of non-ortho nitro benzene ring substituents is 1. The summed E-state index contributed by atoms with van der Waals surface area (Å²) in [5.74, 6) is 0. The third-order valence-electron chi connectivity index (χ3n) is 2.23. The molecule has 0 saturated carbocycles. The molecule has 5 nitrogen and oxygen atoms in total. The average Bonchev–Trinajstić information content (AvgIpc) is 2.62. The van der Waals surface area contributed by atoms with E-state index in [0.29, 0.717) is 10.9 Å². The van der Waals surface area contributed by atoms with Crippen molar-refractivity contribution in [3.63, 3.8) is 0 Å². The lowest BCUT2D eigenvalue weighted by Gasteiger charge is -1.98. The smallest absolute Gasteiger partial charge is 0.278 e. The van der Waals surface area contributed by atoms with Crippen LogP contribution in [-0.4, -0.2) is 9.49 Å². The van der Waals surface area contributed by atoms with E-state index in [4.69, 9.17) is 5.26 Å². The minimum atomic E-state index is -0.418. The molecule has 0 aliphatic heterocycles. The van der Waals surface area contributed by atoms with Gasteiger partial charge in [0.15, 0.2) is 0 Å². The molecule has 0 amide bonds. The van der Waals surface area contributed by atoms with E-state index in [0.717, 1.165) is 0 Å². The number of nitro benzene ring substituents is 1. The van der Waals surface area contributed by atoms with Crippen molar-refractivity contribution >= 4 is 16.6 Å². The quantitative estimate of drug-likeness (QED) is 0.551. The monoisotopic (exact) mass is 201 g/mol. The number of aromatic nitrogens is 1. The second-order valence-electron chi connectivity index (χ2n) is 3.07. The Bertz CT molecular complexity index is 566. The number of hydrogen-bond acceptors (Lipinski definition) is 3. The third-order valence-corrected chi connectivity index (χ3v) is 2.23. The maximum Gasteiger partial charge on any atom is 0.278 e. The number of nitriles is 1. The van der Waals surface area contributed by atoms with E-state index in [1.807, 2.05) is 6.07 Å². The molecule has 74 valence electrons. The normalized spacial score (nSPS) is 10.1. The van der Waals surface area contributed by atoms with Crippen LogP contribution in [0.15, 0.2) is 30.5 Å². The molecule has 0 bridgehead atoms. The van der Waals surface area contributed by atoms with Crippen LogP contribution in [0.3, 0.4) is 0 Å². The summed E-state index contributed by atoms with van der Waals surface area (Å²) in [5, 5.41) is 19.9. The van der Waals surface area contributed by atoms with Crippen LogP contribution < -0.4 is 0 Å². The summed E-state index contributed by atoms with van der Waals surface area (Å²) < 4.78 is 1.68. The first-order chi connectivity index (χ1) is 7.24. The molecular formula is C10H7N3O2. The Kier molecular flexibility index (Phi) is 2.10. The van der Waals surface area contributed by atoms with E-state index < -0.39 is 4.92 Å². The fourth-order valence-electron chi connectivity index (χ4n) is 1.58. The molecule has 0 aliphatic rings. The van der Waals surface area contributed by atoms with Crippen LogP contribution in [-0.2, 0) is 6.54 Å². The first-order valence-corrected chi connectivity index (χ1v) is 4.33. The Morgan fingerprint density at radius 1 is 1.47 bits per heavy atom. The summed E-state index contributed by atoms with van der Waals surface area (Å²) in [6.07, 6.45) is 1.68. The van der Waals surface area contributed by atoms with Gasteiger partial charge in [0.1, 0.15) is 6.54 Å². The molecule has 15 heavy (non-hydrogen) atoms. The first kappa shape index (κ1) is 9.21. The Balaban J connectivity index is 2.70. The number of nitrogens with zero attached hydrogens (tertiary/aromatic N) is 3. The molecule has 2 aromatic rings. The molecule has 0 fully saturated rings. The Hall–Kier alpha value is -2.35. The standard InChI is InChI=1S/C10H7N3O2/c11-5-7-12-6-4-8-9(12)2-1-3-10(8)13(14)15/h1-4,6H,7H2. The van der Waals surface area contributed by atoms with Gasteiger partial charge in [0.25, 0.3) is 5.69 Å². The summed E-state index contributed by atoms with van der Waals surface area (Å²) in [4.78, 5) is 10.3. The van der Waals surface area contributed by atoms with Gasteiger partial charge in [0.2, 0.25) is 0 Å². The van der Waals surface area contributed by atoms with Crippen LogP contribution in [0.1, 0.15) is 0 Å². The molecule has 2 rings (SSSR count). The van der Waals surface area contributed by atoms with Gasteiger partial charge in [-0.15, -0.1) is 0 Å². The van der Waals surface area contributed by atoms with Crippen LogP contribution in [0.25, 0.3) is 10.9 Å². The van der Waals surface area contributed by atoms with Gasteiger partial charge in [-0.3, -0.25) is 10.1 Å². The zero-order chi connectivity index (χ0) is 10.8. The van der Waals surface area contributed by atoms with Crippen molar-refractivity contribution in [1.82, 2.24) is 4.57 Å². The molecule has 0 atom stereocenters. The summed E-state index contributed by atoms with van der Waals surface area (Å²) in [6, 6.07) is 8.50. The maximum absolute atomic E-state index is 10.7. The highest BCUT2D eigenvalue weighted by atomic mass is 16.6. The van der Waals surface area contributed by atoms with Gasteiger partial charge in [-0.2, -0.15) is 5.26 Å². The molecule has 1 aromatic carbocycles. The Morgan fingerprint density at radius 2 is 2.27 bits per heavy atom. The van der Waals surface area contributed by atoms with Gasteiger partial charge in [0.05, 0.1) is 21.9 Å². The lowest BCUT2D eigenvalue weighted by atomic mass is 10.2. The third kappa shape index (κ3) is 1.42. The van der Waals surface area contributed by atoms with Crippen molar-refractivity contribution in [1.29, 1.82) is 5.26 Å². The first-order valence-electron chi connectivity index (χ1n) is 4.33. The van der Waals surface area contributed by atoms with Crippen LogP contribution in [0.5, 0.6) is 0 Å². The van der Waals surface area contributed by atoms with Gasteiger partial charge in [-0.05, 0) is 12.1 Å². The predicted molar refractivity (Wildman–Crippen MR) is 54.2 cm³/mol. The Labute approximate surface area is 85.3 Å². The molecule has 1 heterocycles. The second-order valence-corrected chi connectivity index (χ2v) is 3.07. The molecule has 0 spiro atoms. The van der Waals surface area contributed by atoms with Gasteiger partial charge in [0, 0.05) is 12.3 Å². The van der Waals surface area contributed by atoms with Crippen LogP contribution in [0.4, 0.5) is 5.69 Å². The van der Waals surface area contributed by atoms with E-state index in [1.54, 1.807) is 29.0 Å². The number of hydrogen-bond donors (Lipinski definition) is 0. The van der Waals surface area contributed by atoms with E-state index in [-0.39, 0.29) is 12.2 Å². The molecule has 5 heteroatoms. The summed E-state index contributed by atoms with van der Waals surface area (Å²) in [6.45, 7) is 0.199. The number of rotatable bonds is 2. The lowest BCUT2D eigenvalue weighted by molar-refractivity contribution is -0.383. The molecule has 0 aliphatic carbocycles. The van der Waals surface area contributed by atoms with Crippen molar-refractivity contribution in [2.24, 2.45) is 0 Å². The summed E-state index contributed by atoms with van der Waals surface area (Å²) in [5.41, 5.74) is 0.787. The molecular weight excluding hydrogens is 194 g/mol. The average molecular weight is 201 g/mol. The maximum atomic E-state index is 10.7. The van der Waals surface area contributed by atoms with Crippen LogP contribution >= 0.6 is 0 Å². The fraction of sp³-hybridized carbons (Fsp3) is 0.100. The predicted octanol–water partition coefficient (Wildman–Crippen LogP) is 2.07. The van der Waals surface area contributed by atoms with Crippen LogP contribution in [0, 0.1) is 21.4 Å². The van der Waals surface area contributed by atoms with Gasteiger partial charge in [-0.1, -0.05) is 6.07 Å². The zero-order valence-corrected chi connectivity index (χ0v) is 7.75. The minimum absolute atomic E-state index is 0.0733. The molecule has 1 aromatic heterocycles.